The Morgan fingerprint density at radius 1 is 1.11 bits per heavy atom. The molecule has 6 heteroatoms. The zero-order valence-electron chi connectivity index (χ0n) is 16.5. The van der Waals surface area contributed by atoms with Gasteiger partial charge in [-0.3, -0.25) is 14.7 Å². The topological polar surface area (TPSA) is 65.5 Å². The molecule has 1 heterocycles. The lowest BCUT2D eigenvalue weighted by molar-refractivity contribution is 0.0830. The fourth-order valence-electron chi connectivity index (χ4n) is 2.84. The van der Waals surface area contributed by atoms with Crippen molar-refractivity contribution >= 4 is 17.6 Å². The van der Waals surface area contributed by atoms with Crippen molar-refractivity contribution in [2.45, 2.75) is 33.7 Å². The number of amides is 3. The first kappa shape index (κ1) is 20.4. The van der Waals surface area contributed by atoms with E-state index in [0.29, 0.717) is 17.8 Å². The normalized spacial score (nSPS) is 10.4. The molecular weight excluding hydrogens is 340 g/mol. The van der Waals surface area contributed by atoms with Crippen LogP contribution in [0.4, 0.5) is 10.5 Å². The quantitative estimate of drug-likeness (QED) is 0.811. The number of carbonyl (C=O) groups excluding carboxylic acids is 2. The van der Waals surface area contributed by atoms with Crippen LogP contribution in [0.3, 0.4) is 0 Å². The van der Waals surface area contributed by atoms with Crippen LogP contribution >= 0.6 is 0 Å². The third-order valence-corrected chi connectivity index (χ3v) is 4.47. The molecule has 0 saturated heterocycles. The smallest absolute Gasteiger partial charge is 0.324 e. The summed E-state index contributed by atoms with van der Waals surface area (Å²) in [4.78, 5) is 32.3. The molecule has 0 saturated carbocycles. The molecule has 1 N–H and O–H groups in total. The molecule has 6 nitrogen and oxygen atoms in total. The molecule has 1 aromatic heterocycles. The van der Waals surface area contributed by atoms with Crippen LogP contribution in [0.25, 0.3) is 0 Å². The van der Waals surface area contributed by atoms with Gasteiger partial charge in [-0.1, -0.05) is 19.1 Å². The Labute approximate surface area is 161 Å². The van der Waals surface area contributed by atoms with Gasteiger partial charge in [0.05, 0.1) is 5.56 Å². The number of aryl methyl sites for hydroxylation is 1. The lowest BCUT2D eigenvalue weighted by atomic mass is 10.2. The Bertz CT molecular complexity index is 774. The van der Waals surface area contributed by atoms with Crippen molar-refractivity contribution in [3.05, 3.63) is 59.4 Å². The molecule has 1 aromatic carbocycles. The Balaban J connectivity index is 1.94. The summed E-state index contributed by atoms with van der Waals surface area (Å²) >= 11 is 0. The Hall–Kier alpha value is -2.89. The van der Waals surface area contributed by atoms with E-state index in [1.54, 1.807) is 25.3 Å². The summed E-state index contributed by atoms with van der Waals surface area (Å²) in [5.74, 6) is -0.369. The number of anilines is 1. The van der Waals surface area contributed by atoms with Gasteiger partial charge in [0.1, 0.15) is 0 Å². The monoisotopic (exact) mass is 368 g/mol. The van der Waals surface area contributed by atoms with Crippen molar-refractivity contribution in [3.8, 4) is 0 Å². The van der Waals surface area contributed by atoms with E-state index >= 15 is 0 Å². The molecule has 144 valence electrons. The van der Waals surface area contributed by atoms with Crippen molar-refractivity contribution in [2.24, 2.45) is 0 Å². The van der Waals surface area contributed by atoms with Gasteiger partial charge >= 0.3 is 6.03 Å². The van der Waals surface area contributed by atoms with Crippen molar-refractivity contribution < 1.29 is 9.59 Å². The predicted octanol–water partition coefficient (Wildman–Crippen LogP) is 3.61. The van der Waals surface area contributed by atoms with Crippen LogP contribution in [0, 0.1) is 6.92 Å². The number of rotatable bonds is 7. The number of urea groups is 1. The molecule has 0 aliphatic carbocycles. The number of nitrogens with zero attached hydrogens (tertiary/aromatic N) is 3. The van der Waals surface area contributed by atoms with Crippen LogP contribution in [-0.4, -0.2) is 42.0 Å². The molecule has 0 atom stereocenters. The molecule has 3 amide bonds. The zero-order valence-corrected chi connectivity index (χ0v) is 16.5. The number of nitrogens with one attached hydrogen (secondary N) is 1. The molecule has 27 heavy (non-hydrogen) atoms. The first-order valence-corrected chi connectivity index (χ1v) is 9.29. The van der Waals surface area contributed by atoms with E-state index in [2.05, 4.69) is 41.2 Å². The lowest BCUT2D eigenvalue weighted by Crippen LogP contribution is -2.41. The van der Waals surface area contributed by atoms with E-state index in [-0.39, 0.29) is 5.91 Å². The molecule has 0 bridgehead atoms. The number of imide groups is 1. The SMILES string of the molecule is CCCN(CC)c1ccc(CNC(=O)N(C)C(=O)c2cccnc2C)cc1. The minimum Gasteiger partial charge on any atom is -0.372 e. The van der Waals surface area contributed by atoms with E-state index in [9.17, 15) is 9.59 Å². The molecule has 0 spiro atoms. The van der Waals surface area contributed by atoms with E-state index in [4.69, 9.17) is 0 Å². The molecule has 0 radical (unpaired) electrons. The fraction of sp³-hybridized carbons (Fsp3) is 0.381. The Morgan fingerprint density at radius 2 is 1.81 bits per heavy atom. The van der Waals surface area contributed by atoms with Crippen LogP contribution in [0.5, 0.6) is 0 Å². The molecule has 0 aliphatic rings. The number of hydrogen-bond acceptors (Lipinski definition) is 4. The van der Waals surface area contributed by atoms with Crippen molar-refractivity contribution in [2.75, 3.05) is 25.0 Å². The Kier molecular flexibility index (Phi) is 7.34. The van der Waals surface area contributed by atoms with Gasteiger partial charge in [-0.15, -0.1) is 0 Å². The van der Waals surface area contributed by atoms with Crippen LogP contribution in [0.15, 0.2) is 42.6 Å². The second-order valence-electron chi connectivity index (χ2n) is 6.41. The summed E-state index contributed by atoms with van der Waals surface area (Å²) in [6.07, 6.45) is 2.72. The average molecular weight is 368 g/mol. The van der Waals surface area contributed by atoms with Crippen LogP contribution in [-0.2, 0) is 6.54 Å². The summed E-state index contributed by atoms with van der Waals surface area (Å²) in [6, 6.07) is 11.0. The standard InChI is InChI=1S/C21H28N4O2/c1-5-14-25(6-2)18-11-9-17(10-12-18)15-23-21(27)24(4)20(26)19-8-7-13-22-16(19)3/h7-13H,5-6,14-15H2,1-4H3,(H,23,27). The fourth-order valence-corrected chi connectivity index (χ4v) is 2.84. The van der Waals surface area contributed by atoms with E-state index < -0.39 is 6.03 Å². The number of pyridine rings is 1. The molecule has 0 aliphatic heterocycles. The maximum absolute atomic E-state index is 12.5. The van der Waals surface area contributed by atoms with Gasteiger partial charge in [-0.2, -0.15) is 0 Å². The van der Waals surface area contributed by atoms with Gasteiger partial charge in [-0.05, 0) is 50.1 Å². The summed E-state index contributed by atoms with van der Waals surface area (Å²) in [7, 11) is 1.47. The first-order valence-electron chi connectivity index (χ1n) is 9.29. The molecule has 0 fully saturated rings. The summed E-state index contributed by atoms with van der Waals surface area (Å²) in [5.41, 5.74) is 3.19. The van der Waals surface area contributed by atoms with E-state index in [0.717, 1.165) is 30.0 Å². The molecule has 2 aromatic rings. The highest BCUT2D eigenvalue weighted by Crippen LogP contribution is 2.15. The third kappa shape index (κ3) is 5.29. The zero-order chi connectivity index (χ0) is 19.8. The highest BCUT2D eigenvalue weighted by molar-refractivity contribution is 6.04. The van der Waals surface area contributed by atoms with Gasteiger partial charge in [0.15, 0.2) is 0 Å². The third-order valence-electron chi connectivity index (χ3n) is 4.47. The Morgan fingerprint density at radius 3 is 2.41 bits per heavy atom. The predicted molar refractivity (Wildman–Crippen MR) is 108 cm³/mol. The van der Waals surface area contributed by atoms with E-state index in [1.807, 2.05) is 12.1 Å². The minimum absolute atomic E-state index is 0.364. The van der Waals surface area contributed by atoms with E-state index in [1.165, 1.54) is 12.7 Å². The van der Waals surface area contributed by atoms with Crippen molar-refractivity contribution in [1.82, 2.24) is 15.2 Å². The van der Waals surface area contributed by atoms with Gasteiger partial charge in [0.2, 0.25) is 0 Å². The van der Waals surface area contributed by atoms with Gasteiger partial charge in [0.25, 0.3) is 5.91 Å². The molecule has 2 rings (SSSR count). The number of hydrogen-bond donors (Lipinski definition) is 1. The number of aromatic nitrogens is 1. The van der Waals surface area contributed by atoms with Crippen molar-refractivity contribution in [3.63, 3.8) is 0 Å². The highest BCUT2D eigenvalue weighted by atomic mass is 16.2. The number of carbonyl (C=O) groups is 2. The first-order chi connectivity index (χ1) is 13.0. The summed E-state index contributed by atoms with van der Waals surface area (Å²) < 4.78 is 0. The molecule has 0 unspecified atom stereocenters. The van der Waals surface area contributed by atoms with Crippen LogP contribution < -0.4 is 10.2 Å². The minimum atomic E-state index is -0.437. The summed E-state index contributed by atoms with van der Waals surface area (Å²) in [5, 5.41) is 2.79. The maximum Gasteiger partial charge on any atom is 0.324 e. The lowest BCUT2D eigenvalue weighted by Gasteiger charge is -2.22. The van der Waals surface area contributed by atoms with Crippen LogP contribution in [0.2, 0.25) is 0 Å². The van der Waals surface area contributed by atoms with Gasteiger partial charge < -0.3 is 10.2 Å². The number of benzene rings is 1. The van der Waals surface area contributed by atoms with Crippen molar-refractivity contribution in [1.29, 1.82) is 0 Å². The largest absolute Gasteiger partial charge is 0.372 e. The van der Waals surface area contributed by atoms with Gasteiger partial charge in [0, 0.05) is 44.3 Å². The second-order valence-corrected chi connectivity index (χ2v) is 6.41. The van der Waals surface area contributed by atoms with Gasteiger partial charge in [-0.25, -0.2) is 4.79 Å². The average Bonchev–Trinajstić information content (AvgIpc) is 2.70. The highest BCUT2D eigenvalue weighted by Gasteiger charge is 2.20. The second kappa shape index (κ2) is 9.71. The summed E-state index contributed by atoms with van der Waals surface area (Å²) in [6.45, 7) is 8.40. The van der Waals surface area contributed by atoms with Crippen LogP contribution in [0.1, 0.15) is 41.9 Å². The molecular formula is C21H28N4O2. The maximum atomic E-state index is 12.5.